The van der Waals surface area contributed by atoms with Gasteiger partial charge in [0.25, 0.3) is 5.91 Å². The van der Waals surface area contributed by atoms with Crippen LogP contribution < -0.4 is 10.1 Å². The van der Waals surface area contributed by atoms with E-state index in [1.165, 1.54) is 11.3 Å². The number of nitrogens with zero attached hydrogens (tertiary/aromatic N) is 2. The Kier molecular flexibility index (Phi) is 7.06. The fraction of sp³-hybridized carbons (Fsp3) is 0.429. The standard InChI is InChI=1S/C21H27N3O3S/c1-3-27-19-8-5-4-7-18(19)22-20(25)16(2)23-10-6-11-24(13-12-23)21(26)17-9-14-28-15-17/h4-5,7-9,14-16H,3,6,10-13H2,1-2H3,(H,22,25). The summed E-state index contributed by atoms with van der Waals surface area (Å²) in [6, 6.07) is 9.04. The second-order valence-corrected chi connectivity index (χ2v) is 7.57. The number of para-hydroxylation sites is 2. The fourth-order valence-corrected chi connectivity index (χ4v) is 3.98. The molecule has 1 aromatic heterocycles. The Bertz CT molecular complexity index is 794. The molecule has 6 nitrogen and oxygen atoms in total. The van der Waals surface area contributed by atoms with Crippen molar-refractivity contribution >= 4 is 28.8 Å². The predicted molar refractivity (Wildman–Crippen MR) is 112 cm³/mol. The average Bonchev–Trinajstić information content (AvgIpc) is 3.13. The molecule has 1 fully saturated rings. The van der Waals surface area contributed by atoms with Crippen LogP contribution in [0.5, 0.6) is 5.75 Å². The number of anilines is 1. The number of hydrogen-bond donors (Lipinski definition) is 1. The Morgan fingerprint density at radius 2 is 2.00 bits per heavy atom. The molecular weight excluding hydrogens is 374 g/mol. The van der Waals surface area contributed by atoms with Crippen LogP contribution in [0.2, 0.25) is 0 Å². The highest BCUT2D eigenvalue weighted by atomic mass is 32.1. The summed E-state index contributed by atoms with van der Waals surface area (Å²) in [5.74, 6) is 0.685. The van der Waals surface area contributed by atoms with Gasteiger partial charge in [0.05, 0.1) is 23.9 Å². The lowest BCUT2D eigenvalue weighted by atomic mass is 10.2. The zero-order valence-electron chi connectivity index (χ0n) is 16.4. The Morgan fingerprint density at radius 3 is 2.75 bits per heavy atom. The lowest BCUT2D eigenvalue weighted by Crippen LogP contribution is -2.44. The topological polar surface area (TPSA) is 61.9 Å². The molecule has 28 heavy (non-hydrogen) atoms. The maximum atomic E-state index is 12.8. The number of hydrogen-bond acceptors (Lipinski definition) is 5. The van der Waals surface area contributed by atoms with Gasteiger partial charge in [0.2, 0.25) is 5.91 Å². The van der Waals surface area contributed by atoms with Gasteiger partial charge >= 0.3 is 0 Å². The summed E-state index contributed by atoms with van der Waals surface area (Å²) in [6.07, 6.45) is 0.850. The van der Waals surface area contributed by atoms with E-state index >= 15 is 0 Å². The molecule has 1 atom stereocenters. The number of carbonyl (C=O) groups is 2. The zero-order valence-corrected chi connectivity index (χ0v) is 17.2. The molecule has 1 N–H and O–H groups in total. The highest BCUT2D eigenvalue weighted by molar-refractivity contribution is 7.08. The molecule has 0 bridgehead atoms. The molecule has 0 spiro atoms. The van der Waals surface area contributed by atoms with Crippen LogP contribution in [0.25, 0.3) is 0 Å². The van der Waals surface area contributed by atoms with Gasteiger partial charge in [-0.15, -0.1) is 0 Å². The monoisotopic (exact) mass is 401 g/mol. The Labute approximate surface area is 170 Å². The minimum absolute atomic E-state index is 0.0650. The van der Waals surface area contributed by atoms with Crippen LogP contribution in [0.1, 0.15) is 30.6 Å². The second kappa shape index (κ2) is 9.71. The first-order valence-corrected chi connectivity index (χ1v) is 10.6. The van der Waals surface area contributed by atoms with Crippen molar-refractivity contribution in [1.29, 1.82) is 0 Å². The normalized spacial score (nSPS) is 16.3. The quantitative estimate of drug-likeness (QED) is 0.807. The molecule has 0 saturated carbocycles. The third kappa shape index (κ3) is 4.91. The van der Waals surface area contributed by atoms with Crippen molar-refractivity contribution in [2.45, 2.75) is 26.3 Å². The Morgan fingerprint density at radius 1 is 1.18 bits per heavy atom. The summed E-state index contributed by atoms with van der Waals surface area (Å²) >= 11 is 1.53. The Hall–Kier alpha value is -2.38. The predicted octanol–water partition coefficient (Wildman–Crippen LogP) is 3.32. The number of benzene rings is 1. The summed E-state index contributed by atoms with van der Waals surface area (Å²) in [5, 5.41) is 6.79. The van der Waals surface area contributed by atoms with E-state index < -0.39 is 0 Å². The molecule has 1 saturated heterocycles. The molecule has 150 valence electrons. The summed E-state index contributed by atoms with van der Waals surface area (Å²) < 4.78 is 5.59. The number of nitrogens with one attached hydrogen (secondary N) is 1. The molecule has 2 amide bonds. The number of ether oxygens (including phenoxy) is 1. The van der Waals surface area contributed by atoms with Gasteiger partial charge in [-0.3, -0.25) is 14.5 Å². The van der Waals surface area contributed by atoms with E-state index in [9.17, 15) is 9.59 Å². The summed E-state index contributed by atoms with van der Waals surface area (Å²) in [7, 11) is 0. The van der Waals surface area contributed by atoms with E-state index in [-0.39, 0.29) is 17.9 Å². The van der Waals surface area contributed by atoms with Crippen molar-refractivity contribution in [2.24, 2.45) is 0 Å². The molecule has 0 radical (unpaired) electrons. The van der Waals surface area contributed by atoms with Gasteiger partial charge in [-0.25, -0.2) is 0 Å². The lowest BCUT2D eigenvalue weighted by molar-refractivity contribution is -0.120. The van der Waals surface area contributed by atoms with E-state index in [4.69, 9.17) is 4.74 Å². The smallest absolute Gasteiger partial charge is 0.254 e. The maximum absolute atomic E-state index is 12.8. The van der Waals surface area contributed by atoms with Crippen molar-refractivity contribution in [3.63, 3.8) is 0 Å². The average molecular weight is 402 g/mol. The summed E-state index contributed by atoms with van der Waals surface area (Å²) in [4.78, 5) is 29.4. The minimum Gasteiger partial charge on any atom is -0.492 e. The van der Waals surface area contributed by atoms with Crippen molar-refractivity contribution < 1.29 is 14.3 Å². The SMILES string of the molecule is CCOc1ccccc1NC(=O)C(C)N1CCCN(C(=O)c2ccsc2)CC1. The third-order valence-electron chi connectivity index (χ3n) is 4.96. The van der Waals surface area contributed by atoms with Crippen molar-refractivity contribution in [1.82, 2.24) is 9.80 Å². The van der Waals surface area contributed by atoms with Crippen molar-refractivity contribution in [3.05, 3.63) is 46.7 Å². The zero-order chi connectivity index (χ0) is 19.9. The van der Waals surface area contributed by atoms with Gasteiger partial charge in [-0.05, 0) is 43.8 Å². The van der Waals surface area contributed by atoms with Crippen molar-refractivity contribution in [2.75, 3.05) is 38.1 Å². The second-order valence-electron chi connectivity index (χ2n) is 6.79. The van der Waals surface area contributed by atoms with E-state index in [0.29, 0.717) is 37.7 Å². The molecule has 2 heterocycles. The molecular formula is C21H27N3O3S. The molecule has 7 heteroatoms. The van der Waals surface area contributed by atoms with Crippen LogP contribution in [0.4, 0.5) is 5.69 Å². The largest absolute Gasteiger partial charge is 0.492 e. The Balaban J connectivity index is 1.59. The minimum atomic E-state index is -0.286. The summed E-state index contributed by atoms with van der Waals surface area (Å²) in [5.41, 5.74) is 1.43. The van der Waals surface area contributed by atoms with Gasteiger partial charge in [0.1, 0.15) is 5.75 Å². The molecule has 0 aliphatic carbocycles. The molecule has 1 unspecified atom stereocenters. The molecule has 2 aromatic rings. The van der Waals surface area contributed by atoms with Crippen LogP contribution in [0, 0.1) is 0 Å². The van der Waals surface area contributed by atoms with E-state index in [0.717, 1.165) is 18.5 Å². The first-order chi connectivity index (χ1) is 13.6. The van der Waals surface area contributed by atoms with Gasteiger partial charge in [-0.1, -0.05) is 12.1 Å². The molecule has 1 aliphatic rings. The number of rotatable bonds is 6. The third-order valence-corrected chi connectivity index (χ3v) is 5.64. The van der Waals surface area contributed by atoms with E-state index in [1.54, 1.807) is 0 Å². The van der Waals surface area contributed by atoms with Crippen LogP contribution in [-0.4, -0.2) is 60.4 Å². The molecule has 3 rings (SSSR count). The number of carbonyl (C=O) groups excluding carboxylic acids is 2. The van der Waals surface area contributed by atoms with Crippen LogP contribution in [-0.2, 0) is 4.79 Å². The highest BCUT2D eigenvalue weighted by Gasteiger charge is 2.26. The first kappa shape index (κ1) is 20.4. The van der Waals surface area contributed by atoms with Gasteiger partial charge in [0, 0.05) is 31.6 Å². The van der Waals surface area contributed by atoms with Gasteiger partial charge < -0.3 is 15.0 Å². The van der Waals surface area contributed by atoms with Crippen molar-refractivity contribution in [3.8, 4) is 5.75 Å². The van der Waals surface area contributed by atoms with Crippen LogP contribution in [0.3, 0.4) is 0 Å². The van der Waals surface area contributed by atoms with Gasteiger partial charge in [-0.2, -0.15) is 11.3 Å². The van der Waals surface area contributed by atoms with Crippen LogP contribution >= 0.6 is 11.3 Å². The molecule has 1 aromatic carbocycles. The van der Waals surface area contributed by atoms with E-state index in [2.05, 4.69) is 10.2 Å². The fourth-order valence-electron chi connectivity index (χ4n) is 3.35. The highest BCUT2D eigenvalue weighted by Crippen LogP contribution is 2.24. The van der Waals surface area contributed by atoms with Gasteiger partial charge in [0.15, 0.2) is 0 Å². The van der Waals surface area contributed by atoms with Crippen LogP contribution in [0.15, 0.2) is 41.1 Å². The molecule has 1 aliphatic heterocycles. The summed E-state index contributed by atoms with van der Waals surface area (Å²) in [6.45, 7) is 7.18. The lowest BCUT2D eigenvalue weighted by Gasteiger charge is -2.27. The first-order valence-electron chi connectivity index (χ1n) is 9.68. The number of amides is 2. The van der Waals surface area contributed by atoms with E-state index in [1.807, 2.05) is 59.8 Å². The number of thiophene rings is 1. The maximum Gasteiger partial charge on any atom is 0.254 e.